The maximum atomic E-state index is 12.1. The number of aliphatic hydroxyl groups excluding tert-OH is 1. The topological polar surface area (TPSA) is 75.5 Å². The van der Waals surface area contributed by atoms with E-state index in [2.05, 4.69) is 10.6 Å². The molecule has 26 heavy (non-hydrogen) atoms. The van der Waals surface area contributed by atoms with Gasteiger partial charge < -0.3 is 25.0 Å². The molecule has 6 nitrogen and oxygen atoms in total. The summed E-state index contributed by atoms with van der Waals surface area (Å²) >= 11 is 0. The fourth-order valence-electron chi connectivity index (χ4n) is 2.91. The van der Waals surface area contributed by atoms with Crippen LogP contribution >= 0.6 is 0 Å². The number of hydrogen-bond donors (Lipinski definition) is 3. The SMILES string of the molecule is CCOc1ccc(NC(=O)NCC(O)c2cn(C)c3ccccc23)cc1. The van der Waals surface area contributed by atoms with Crippen molar-refractivity contribution in [1.29, 1.82) is 0 Å². The highest BCUT2D eigenvalue weighted by molar-refractivity contribution is 5.89. The molecule has 0 radical (unpaired) electrons. The number of carbonyl (C=O) groups is 1. The third kappa shape index (κ3) is 3.97. The molecule has 0 bridgehead atoms. The summed E-state index contributed by atoms with van der Waals surface area (Å²) in [4.78, 5) is 12.1. The first-order valence-corrected chi connectivity index (χ1v) is 8.58. The Labute approximate surface area is 152 Å². The van der Waals surface area contributed by atoms with Crippen LogP contribution < -0.4 is 15.4 Å². The molecule has 3 rings (SSSR count). The molecule has 0 saturated carbocycles. The zero-order chi connectivity index (χ0) is 18.5. The lowest BCUT2D eigenvalue weighted by Gasteiger charge is -2.12. The number of amides is 2. The molecule has 0 aliphatic heterocycles. The van der Waals surface area contributed by atoms with Crippen molar-refractivity contribution in [1.82, 2.24) is 9.88 Å². The minimum absolute atomic E-state index is 0.122. The minimum atomic E-state index is -0.785. The molecule has 1 unspecified atom stereocenters. The van der Waals surface area contributed by atoms with Crippen molar-refractivity contribution in [3.8, 4) is 5.75 Å². The molecule has 6 heteroatoms. The van der Waals surface area contributed by atoms with Crippen LogP contribution in [-0.4, -0.2) is 28.9 Å². The molecule has 1 aromatic heterocycles. The van der Waals surface area contributed by atoms with Gasteiger partial charge in [0.2, 0.25) is 0 Å². The Morgan fingerprint density at radius 3 is 2.65 bits per heavy atom. The Morgan fingerprint density at radius 2 is 1.92 bits per heavy atom. The van der Waals surface area contributed by atoms with E-state index >= 15 is 0 Å². The van der Waals surface area contributed by atoms with E-state index in [9.17, 15) is 9.90 Å². The number of rotatable bonds is 6. The van der Waals surface area contributed by atoms with Gasteiger partial charge in [-0.1, -0.05) is 18.2 Å². The Kier molecular flexibility index (Phi) is 5.43. The lowest BCUT2D eigenvalue weighted by Crippen LogP contribution is -2.32. The number of ether oxygens (including phenoxy) is 1. The number of fused-ring (bicyclic) bond motifs is 1. The quantitative estimate of drug-likeness (QED) is 0.635. The number of anilines is 1. The smallest absolute Gasteiger partial charge is 0.319 e. The number of benzene rings is 2. The lowest BCUT2D eigenvalue weighted by atomic mass is 10.1. The van der Waals surface area contributed by atoms with Crippen LogP contribution in [0.2, 0.25) is 0 Å². The van der Waals surface area contributed by atoms with E-state index in [1.165, 1.54) is 0 Å². The van der Waals surface area contributed by atoms with Gasteiger partial charge in [0.15, 0.2) is 0 Å². The number of hydrogen-bond acceptors (Lipinski definition) is 3. The minimum Gasteiger partial charge on any atom is -0.494 e. The Morgan fingerprint density at radius 1 is 1.19 bits per heavy atom. The summed E-state index contributed by atoms with van der Waals surface area (Å²) in [6.07, 6.45) is 1.11. The van der Waals surface area contributed by atoms with Crippen LogP contribution in [0.5, 0.6) is 5.75 Å². The lowest BCUT2D eigenvalue weighted by molar-refractivity contribution is 0.176. The molecule has 0 aliphatic rings. The first-order valence-electron chi connectivity index (χ1n) is 8.58. The third-order valence-corrected chi connectivity index (χ3v) is 4.17. The Hall–Kier alpha value is -2.99. The van der Waals surface area contributed by atoms with E-state index in [1.54, 1.807) is 24.3 Å². The number of nitrogens with one attached hydrogen (secondary N) is 2. The van der Waals surface area contributed by atoms with E-state index in [0.717, 1.165) is 22.2 Å². The van der Waals surface area contributed by atoms with Crippen molar-refractivity contribution in [2.24, 2.45) is 7.05 Å². The molecule has 1 heterocycles. The van der Waals surface area contributed by atoms with Crippen molar-refractivity contribution in [2.45, 2.75) is 13.0 Å². The number of urea groups is 1. The van der Waals surface area contributed by atoms with E-state index in [1.807, 2.05) is 49.0 Å². The van der Waals surface area contributed by atoms with Crippen LogP contribution in [-0.2, 0) is 7.05 Å². The van der Waals surface area contributed by atoms with E-state index in [0.29, 0.717) is 12.3 Å². The molecule has 0 spiro atoms. The highest BCUT2D eigenvalue weighted by Gasteiger charge is 2.15. The predicted molar refractivity (Wildman–Crippen MR) is 103 cm³/mol. The van der Waals surface area contributed by atoms with Gasteiger partial charge in [0.25, 0.3) is 0 Å². The van der Waals surface area contributed by atoms with Crippen molar-refractivity contribution in [2.75, 3.05) is 18.5 Å². The molecular formula is C20H23N3O3. The van der Waals surface area contributed by atoms with Crippen LogP contribution in [0.3, 0.4) is 0 Å². The highest BCUT2D eigenvalue weighted by atomic mass is 16.5. The molecule has 3 aromatic rings. The first-order chi connectivity index (χ1) is 12.6. The van der Waals surface area contributed by atoms with Gasteiger partial charge in [-0.25, -0.2) is 4.79 Å². The summed E-state index contributed by atoms with van der Waals surface area (Å²) in [6.45, 7) is 2.64. The van der Waals surface area contributed by atoms with Gasteiger partial charge in [-0.2, -0.15) is 0 Å². The third-order valence-electron chi connectivity index (χ3n) is 4.17. The zero-order valence-corrected chi connectivity index (χ0v) is 14.9. The van der Waals surface area contributed by atoms with Crippen LogP contribution in [0.1, 0.15) is 18.6 Å². The second-order valence-corrected chi connectivity index (χ2v) is 6.02. The zero-order valence-electron chi connectivity index (χ0n) is 14.9. The molecule has 2 aromatic carbocycles. The fraction of sp³-hybridized carbons (Fsp3) is 0.250. The molecular weight excluding hydrogens is 330 g/mol. The van der Waals surface area contributed by atoms with Gasteiger partial charge in [-0.15, -0.1) is 0 Å². The summed E-state index contributed by atoms with van der Waals surface area (Å²) in [5.41, 5.74) is 2.50. The Balaban J connectivity index is 1.58. The predicted octanol–water partition coefficient (Wildman–Crippen LogP) is 3.43. The van der Waals surface area contributed by atoms with Crippen molar-refractivity contribution >= 4 is 22.6 Å². The second-order valence-electron chi connectivity index (χ2n) is 6.02. The van der Waals surface area contributed by atoms with Gasteiger partial charge in [-0.05, 0) is 37.3 Å². The molecule has 2 amide bonds. The monoisotopic (exact) mass is 353 g/mol. The number of aryl methyl sites for hydroxylation is 1. The number of para-hydroxylation sites is 1. The standard InChI is InChI=1S/C20H23N3O3/c1-3-26-15-10-8-14(9-11-15)22-20(25)21-12-19(24)17-13-23(2)18-7-5-4-6-16(17)18/h4-11,13,19,24H,3,12H2,1-2H3,(H2,21,22,25). The van der Waals surface area contributed by atoms with Gasteiger partial charge >= 0.3 is 6.03 Å². The summed E-state index contributed by atoms with van der Waals surface area (Å²) in [5, 5.41) is 16.9. The largest absolute Gasteiger partial charge is 0.494 e. The normalized spacial score (nSPS) is 12.0. The van der Waals surface area contributed by atoms with Gasteiger partial charge in [-0.3, -0.25) is 0 Å². The molecule has 0 fully saturated rings. The van der Waals surface area contributed by atoms with Crippen LogP contribution in [0.15, 0.2) is 54.7 Å². The maximum Gasteiger partial charge on any atom is 0.319 e. The summed E-state index contributed by atoms with van der Waals surface area (Å²) in [6, 6.07) is 14.6. The van der Waals surface area contributed by atoms with E-state index < -0.39 is 6.10 Å². The van der Waals surface area contributed by atoms with Crippen LogP contribution in [0.25, 0.3) is 10.9 Å². The molecule has 136 valence electrons. The first kappa shape index (κ1) is 17.8. The summed E-state index contributed by atoms with van der Waals surface area (Å²) in [7, 11) is 1.94. The van der Waals surface area contributed by atoms with Crippen molar-refractivity contribution in [3.63, 3.8) is 0 Å². The van der Waals surface area contributed by atoms with Gasteiger partial charge in [0, 0.05) is 41.9 Å². The molecule has 0 aliphatic carbocycles. The fourth-order valence-corrected chi connectivity index (χ4v) is 2.91. The van der Waals surface area contributed by atoms with Gasteiger partial charge in [0.05, 0.1) is 12.7 Å². The maximum absolute atomic E-state index is 12.1. The number of nitrogens with zero attached hydrogens (tertiary/aromatic N) is 1. The Bertz CT molecular complexity index is 887. The average molecular weight is 353 g/mol. The summed E-state index contributed by atoms with van der Waals surface area (Å²) < 4.78 is 7.33. The number of aliphatic hydroxyl groups is 1. The van der Waals surface area contributed by atoms with E-state index in [-0.39, 0.29) is 12.6 Å². The molecule has 1 atom stereocenters. The number of aromatic nitrogens is 1. The second kappa shape index (κ2) is 7.93. The van der Waals surface area contributed by atoms with Crippen LogP contribution in [0.4, 0.5) is 10.5 Å². The molecule has 3 N–H and O–H groups in total. The average Bonchev–Trinajstić information content (AvgIpc) is 2.99. The van der Waals surface area contributed by atoms with Crippen LogP contribution in [0, 0.1) is 0 Å². The highest BCUT2D eigenvalue weighted by Crippen LogP contribution is 2.25. The van der Waals surface area contributed by atoms with E-state index in [4.69, 9.17) is 4.74 Å². The molecule has 0 saturated heterocycles. The number of carbonyl (C=O) groups excluding carboxylic acids is 1. The summed E-state index contributed by atoms with van der Waals surface area (Å²) in [5.74, 6) is 0.754. The van der Waals surface area contributed by atoms with Crippen molar-refractivity contribution < 1.29 is 14.6 Å². The van der Waals surface area contributed by atoms with Gasteiger partial charge in [0.1, 0.15) is 5.75 Å². The van der Waals surface area contributed by atoms with Crippen molar-refractivity contribution in [3.05, 3.63) is 60.3 Å².